The van der Waals surface area contributed by atoms with E-state index in [1.807, 2.05) is 6.92 Å². The van der Waals surface area contributed by atoms with Crippen LogP contribution in [0.25, 0.3) is 0 Å². The second kappa shape index (κ2) is 6.11. The largest absolute Gasteiger partial charge is 0.356 e. The summed E-state index contributed by atoms with van der Waals surface area (Å²) in [5.74, 6) is 0.891. The molecule has 0 aromatic heterocycles. The van der Waals surface area contributed by atoms with Crippen LogP contribution in [0.3, 0.4) is 0 Å². The van der Waals surface area contributed by atoms with E-state index in [0.29, 0.717) is 31.3 Å². The topological polar surface area (TPSA) is 55.1 Å². The molecule has 0 aliphatic rings. The lowest BCUT2D eigenvalue weighted by Gasteiger charge is -2.26. The van der Waals surface area contributed by atoms with Crippen molar-refractivity contribution >= 4 is 5.91 Å². The Bertz CT molecular complexity index is 196. The quantitative estimate of drug-likeness (QED) is 0.733. The minimum atomic E-state index is 0.137. The number of carbonyl (C=O) groups is 1. The van der Waals surface area contributed by atoms with Crippen molar-refractivity contribution in [2.45, 2.75) is 41.0 Å². The Kier molecular flexibility index (Phi) is 5.88. The lowest BCUT2D eigenvalue weighted by atomic mass is 9.80. The summed E-state index contributed by atoms with van der Waals surface area (Å²) in [6, 6.07) is 0. The normalized spacial score (nSPS) is 15.9. The molecule has 3 nitrogen and oxygen atoms in total. The molecule has 15 heavy (non-hydrogen) atoms. The maximum atomic E-state index is 11.6. The van der Waals surface area contributed by atoms with Gasteiger partial charge in [-0.05, 0) is 23.8 Å². The molecule has 3 heteroatoms. The van der Waals surface area contributed by atoms with Crippen molar-refractivity contribution in [3.63, 3.8) is 0 Å². The number of hydrogen-bond acceptors (Lipinski definition) is 2. The van der Waals surface area contributed by atoms with Crippen LogP contribution >= 0.6 is 0 Å². The first-order chi connectivity index (χ1) is 6.77. The maximum Gasteiger partial charge on any atom is 0.220 e. The van der Waals surface area contributed by atoms with Crippen molar-refractivity contribution in [1.82, 2.24) is 5.32 Å². The van der Waals surface area contributed by atoms with Crippen molar-refractivity contribution in [3.8, 4) is 0 Å². The van der Waals surface area contributed by atoms with Crippen molar-refractivity contribution in [2.75, 3.05) is 13.1 Å². The van der Waals surface area contributed by atoms with E-state index in [2.05, 4.69) is 33.0 Å². The summed E-state index contributed by atoms with van der Waals surface area (Å²) < 4.78 is 0. The number of nitrogens with two attached hydrogens (primary N) is 1. The van der Waals surface area contributed by atoms with Crippen LogP contribution in [0.4, 0.5) is 0 Å². The van der Waals surface area contributed by atoms with Gasteiger partial charge in [-0.15, -0.1) is 0 Å². The zero-order chi connectivity index (χ0) is 12.1. The van der Waals surface area contributed by atoms with Crippen LogP contribution in [-0.4, -0.2) is 19.0 Å². The van der Waals surface area contributed by atoms with Gasteiger partial charge in [0.25, 0.3) is 0 Å². The molecule has 0 radical (unpaired) electrons. The fraction of sp³-hybridized carbons (Fsp3) is 0.917. The molecule has 2 unspecified atom stereocenters. The molecule has 0 aliphatic heterocycles. The SMILES string of the molecule is CC(CN)CNC(=O)CC(C)C(C)(C)C. The van der Waals surface area contributed by atoms with Crippen LogP contribution in [0.15, 0.2) is 0 Å². The van der Waals surface area contributed by atoms with Gasteiger partial charge < -0.3 is 11.1 Å². The second-order valence-electron chi connectivity index (χ2n) is 5.62. The molecular weight excluding hydrogens is 188 g/mol. The molecular formula is C12H26N2O. The van der Waals surface area contributed by atoms with E-state index in [4.69, 9.17) is 5.73 Å². The Morgan fingerprint density at radius 3 is 2.27 bits per heavy atom. The van der Waals surface area contributed by atoms with Gasteiger partial charge in [0.15, 0.2) is 0 Å². The fourth-order valence-corrected chi connectivity index (χ4v) is 1.03. The summed E-state index contributed by atoms with van der Waals surface area (Å²) in [5.41, 5.74) is 5.67. The highest BCUT2D eigenvalue weighted by atomic mass is 16.1. The van der Waals surface area contributed by atoms with Gasteiger partial charge >= 0.3 is 0 Å². The summed E-state index contributed by atoms with van der Waals surface area (Å²) in [7, 11) is 0. The lowest BCUT2D eigenvalue weighted by molar-refractivity contribution is -0.122. The molecule has 2 atom stereocenters. The van der Waals surface area contributed by atoms with E-state index < -0.39 is 0 Å². The molecule has 3 N–H and O–H groups in total. The highest BCUT2D eigenvalue weighted by molar-refractivity contribution is 5.76. The molecule has 90 valence electrons. The Morgan fingerprint density at radius 2 is 1.87 bits per heavy atom. The highest BCUT2D eigenvalue weighted by Gasteiger charge is 2.22. The summed E-state index contributed by atoms with van der Waals surface area (Å²) in [6.07, 6.45) is 0.598. The molecule has 0 aliphatic carbocycles. The van der Waals surface area contributed by atoms with Crippen LogP contribution in [-0.2, 0) is 4.79 Å². The molecule has 0 saturated carbocycles. The molecule has 0 saturated heterocycles. The second-order valence-corrected chi connectivity index (χ2v) is 5.62. The Balaban J connectivity index is 3.84. The molecule has 0 fully saturated rings. The Hall–Kier alpha value is -0.570. The lowest BCUT2D eigenvalue weighted by Crippen LogP contribution is -2.33. The first-order valence-electron chi connectivity index (χ1n) is 5.74. The molecule has 0 aromatic carbocycles. The summed E-state index contributed by atoms with van der Waals surface area (Å²) in [6.45, 7) is 11.9. The predicted molar refractivity (Wildman–Crippen MR) is 64.5 cm³/mol. The number of carbonyl (C=O) groups excluding carboxylic acids is 1. The summed E-state index contributed by atoms with van der Waals surface area (Å²) >= 11 is 0. The smallest absolute Gasteiger partial charge is 0.220 e. The standard InChI is InChI=1S/C12H26N2O/c1-9(7-13)8-14-11(15)6-10(2)12(3,4)5/h9-10H,6-8,13H2,1-5H3,(H,14,15). The van der Waals surface area contributed by atoms with Crippen molar-refractivity contribution in [3.05, 3.63) is 0 Å². The monoisotopic (exact) mass is 214 g/mol. The van der Waals surface area contributed by atoms with Gasteiger partial charge in [0.1, 0.15) is 0 Å². The van der Waals surface area contributed by atoms with Gasteiger partial charge in [-0.3, -0.25) is 4.79 Å². The van der Waals surface area contributed by atoms with E-state index in [1.165, 1.54) is 0 Å². The Morgan fingerprint density at radius 1 is 1.33 bits per heavy atom. The van der Waals surface area contributed by atoms with E-state index in [-0.39, 0.29) is 11.3 Å². The van der Waals surface area contributed by atoms with E-state index in [9.17, 15) is 4.79 Å². The number of hydrogen-bond donors (Lipinski definition) is 2. The van der Waals surface area contributed by atoms with Gasteiger partial charge in [0.05, 0.1) is 0 Å². The third-order valence-electron chi connectivity index (χ3n) is 3.02. The molecule has 0 heterocycles. The number of rotatable bonds is 5. The molecule has 0 bridgehead atoms. The van der Waals surface area contributed by atoms with Crippen LogP contribution in [0.1, 0.15) is 41.0 Å². The summed E-state index contributed by atoms with van der Waals surface area (Å²) in [4.78, 5) is 11.6. The first kappa shape index (κ1) is 14.4. The van der Waals surface area contributed by atoms with Gasteiger partial charge in [0.2, 0.25) is 5.91 Å². The van der Waals surface area contributed by atoms with Gasteiger partial charge in [0, 0.05) is 13.0 Å². The zero-order valence-electron chi connectivity index (χ0n) is 10.8. The minimum absolute atomic E-state index is 0.137. The molecule has 0 spiro atoms. The third-order valence-corrected chi connectivity index (χ3v) is 3.02. The average molecular weight is 214 g/mol. The van der Waals surface area contributed by atoms with Crippen LogP contribution in [0, 0.1) is 17.3 Å². The van der Waals surface area contributed by atoms with Gasteiger partial charge in [-0.1, -0.05) is 34.6 Å². The maximum absolute atomic E-state index is 11.6. The third kappa shape index (κ3) is 6.50. The van der Waals surface area contributed by atoms with Gasteiger partial charge in [-0.25, -0.2) is 0 Å². The van der Waals surface area contributed by atoms with Crippen molar-refractivity contribution in [1.29, 1.82) is 0 Å². The predicted octanol–water partition coefficient (Wildman–Crippen LogP) is 1.77. The van der Waals surface area contributed by atoms with Crippen LogP contribution < -0.4 is 11.1 Å². The number of amides is 1. The Labute approximate surface area is 93.8 Å². The summed E-state index contributed by atoms with van der Waals surface area (Å²) in [5, 5.41) is 2.92. The zero-order valence-corrected chi connectivity index (χ0v) is 10.8. The van der Waals surface area contributed by atoms with E-state index >= 15 is 0 Å². The highest BCUT2D eigenvalue weighted by Crippen LogP contribution is 2.27. The van der Waals surface area contributed by atoms with Crippen LogP contribution in [0.2, 0.25) is 0 Å². The van der Waals surface area contributed by atoms with E-state index in [1.54, 1.807) is 0 Å². The number of nitrogens with one attached hydrogen (secondary N) is 1. The van der Waals surface area contributed by atoms with Crippen LogP contribution in [0.5, 0.6) is 0 Å². The first-order valence-corrected chi connectivity index (χ1v) is 5.74. The van der Waals surface area contributed by atoms with Gasteiger partial charge in [-0.2, -0.15) is 0 Å². The molecule has 0 aromatic rings. The molecule has 1 amide bonds. The van der Waals surface area contributed by atoms with Crippen molar-refractivity contribution < 1.29 is 4.79 Å². The van der Waals surface area contributed by atoms with Crippen molar-refractivity contribution in [2.24, 2.45) is 23.0 Å². The minimum Gasteiger partial charge on any atom is -0.356 e. The van der Waals surface area contributed by atoms with E-state index in [0.717, 1.165) is 0 Å². The average Bonchev–Trinajstić information content (AvgIpc) is 2.12. The molecule has 0 rings (SSSR count). The fourth-order valence-electron chi connectivity index (χ4n) is 1.03.